The van der Waals surface area contributed by atoms with Gasteiger partial charge in [-0.25, -0.2) is 4.98 Å². The first kappa shape index (κ1) is 13.9. The summed E-state index contributed by atoms with van der Waals surface area (Å²) in [6.45, 7) is -0.0401. The van der Waals surface area contributed by atoms with Crippen molar-refractivity contribution in [2.45, 2.75) is 0 Å². The molecule has 112 valence electrons. The van der Waals surface area contributed by atoms with E-state index in [1.807, 2.05) is 0 Å². The molecular formula is C15H13N3O4. The van der Waals surface area contributed by atoms with Crippen molar-refractivity contribution in [2.24, 2.45) is 0 Å². The van der Waals surface area contributed by atoms with Gasteiger partial charge in [0, 0.05) is 0 Å². The minimum absolute atomic E-state index is 0.0401. The van der Waals surface area contributed by atoms with Crippen LogP contribution in [0.25, 0.3) is 0 Å². The number of benzene rings is 1. The molecule has 2 N–H and O–H groups in total. The molecule has 0 saturated carbocycles. The predicted molar refractivity (Wildman–Crippen MR) is 79.3 cm³/mol. The van der Waals surface area contributed by atoms with Gasteiger partial charge in [0.05, 0.1) is 12.7 Å². The smallest absolute Gasteiger partial charge is 0.263 e. The van der Waals surface area contributed by atoms with E-state index in [9.17, 15) is 9.59 Å². The Morgan fingerprint density at radius 3 is 2.95 bits per heavy atom. The molecule has 0 spiro atoms. The average molecular weight is 299 g/mol. The standard InChI is InChI=1S/C15H13N3O4/c1-21-10-5-3-2-4-9(10)15(20)17-12-7-6-11-14(16-12)18-13(19)8-22-11/h2-7H,8H2,1H3,(H2,16,17,18,19,20). The van der Waals surface area contributed by atoms with Crippen LogP contribution in [-0.4, -0.2) is 30.5 Å². The van der Waals surface area contributed by atoms with Crippen molar-refractivity contribution < 1.29 is 19.1 Å². The molecule has 0 atom stereocenters. The molecule has 0 fully saturated rings. The van der Waals surface area contributed by atoms with Crippen LogP contribution >= 0.6 is 0 Å². The molecule has 2 amide bonds. The van der Waals surface area contributed by atoms with Crippen LogP contribution in [0.3, 0.4) is 0 Å². The number of para-hydroxylation sites is 1. The van der Waals surface area contributed by atoms with Gasteiger partial charge in [-0.15, -0.1) is 0 Å². The highest BCUT2D eigenvalue weighted by Crippen LogP contribution is 2.27. The van der Waals surface area contributed by atoms with Crippen LogP contribution in [0.15, 0.2) is 36.4 Å². The van der Waals surface area contributed by atoms with Crippen molar-refractivity contribution in [1.29, 1.82) is 0 Å². The van der Waals surface area contributed by atoms with Crippen molar-refractivity contribution in [3.8, 4) is 11.5 Å². The third kappa shape index (κ3) is 2.69. The van der Waals surface area contributed by atoms with Gasteiger partial charge in [-0.3, -0.25) is 9.59 Å². The van der Waals surface area contributed by atoms with E-state index < -0.39 is 0 Å². The first-order chi connectivity index (χ1) is 10.7. The maximum atomic E-state index is 12.3. The van der Waals surface area contributed by atoms with E-state index in [1.165, 1.54) is 7.11 Å². The maximum Gasteiger partial charge on any atom is 0.263 e. The first-order valence-corrected chi connectivity index (χ1v) is 6.55. The molecule has 0 bridgehead atoms. The predicted octanol–water partition coefficient (Wildman–Crippen LogP) is 1.67. The van der Waals surface area contributed by atoms with Gasteiger partial charge >= 0.3 is 0 Å². The number of aromatic nitrogens is 1. The quantitative estimate of drug-likeness (QED) is 0.900. The fraction of sp³-hybridized carbons (Fsp3) is 0.133. The Bertz CT molecular complexity index is 745. The molecule has 0 radical (unpaired) electrons. The lowest BCUT2D eigenvalue weighted by Crippen LogP contribution is -2.26. The fourth-order valence-corrected chi connectivity index (χ4v) is 2.05. The SMILES string of the molecule is COc1ccccc1C(=O)Nc1ccc2c(n1)NC(=O)CO2. The second-order valence-corrected chi connectivity index (χ2v) is 4.53. The Balaban J connectivity index is 1.82. The topological polar surface area (TPSA) is 89.5 Å². The number of hydrogen-bond donors (Lipinski definition) is 2. The number of amides is 2. The molecule has 7 nitrogen and oxygen atoms in total. The summed E-state index contributed by atoms with van der Waals surface area (Å²) in [6.07, 6.45) is 0. The van der Waals surface area contributed by atoms with Gasteiger partial charge in [0.2, 0.25) is 0 Å². The normalized spacial score (nSPS) is 12.7. The number of ether oxygens (including phenoxy) is 2. The lowest BCUT2D eigenvalue weighted by molar-refractivity contribution is -0.118. The number of methoxy groups -OCH3 is 1. The number of pyridine rings is 1. The molecule has 22 heavy (non-hydrogen) atoms. The summed E-state index contributed by atoms with van der Waals surface area (Å²) in [6, 6.07) is 10.1. The molecule has 0 saturated heterocycles. The minimum Gasteiger partial charge on any atom is -0.496 e. The molecule has 1 aliphatic rings. The molecular weight excluding hydrogens is 286 g/mol. The second kappa shape index (κ2) is 5.72. The number of nitrogens with one attached hydrogen (secondary N) is 2. The van der Waals surface area contributed by atoms with Crippen molar-refractivity contribution in [3.63, 3.8) is 0 Å². The van der Waals surface area contributed by atoms with Crippen molar-refractivity contribution in [2.75, 3.05) is 24.4 Å². The molecule has 2 aromatic rings. The molecule has 1 aromatic heterocycles. The third-order valence-corrected chi connectivity index (χ3v) is 3.07. The van der Waals surface area contributed by atoms with E-state index in [4.69, 9.17) is 9.47 Å². The summed E-state index contributed by atoms with van der Waals surface area (Å²) in [5, 5.41) is 5.25. The molecule has 2 heterocycles. The maximum absolute atomic E-state index is 12.3. The van der Waals surface area contributed by atoms with Crippen LogP contribution in [0.1, 0.15) is 10.4 Å². The lowest BCUT2D eigenvalue weighted by atomic mass is 10.2. The highest BCUT2D eigenvalue weighted by molar-refractivity contribution is 6.06. The monoisotopic (exact) mass is 299 g/mol. The first-order valence-electron chi connectivity index (χ1n) is 6.55. The summed E-state index contributed by atoms with van der Waals surface area (Å²) >= 11 is 0. The Morgan fingerprint density at radius 2 is 2.14 bits per heavy atom. The van der Waals surface area contributed by atoms with Crippen molar-refractivity contribution in [3.05, 3.63) is 42.0 Å². The van der Waals surface area contributed by atoms with Gasteiger partial charge in [-0.2, -0.15) is 0 Å². The van der Waals surface area contributed by atoms with Crippen LogP contribution in [0.5, 0.6) is 11.5 Å². The van der Waals surface area contributed by atoms with E-state index in [2.05, 4.69) is 15.6 Å². The fourth-order valence-electron chi connectivity index (χ4n) is 2.05. The Hall–Kier alpha value is -3.09. The molecule has 7 heteroatoms. The Kier molecular flexibility index (Phi) is 3.61. The minimum atomic E-state index is -0.354. The Labute approximate surface area is 126 Å². The Morgan fingerprint density at radius 1 is 1.32 bits per heavy atom. The molecule has 1 aromatic carbocycles. The summed E-state index contributed by atoms with van der Waals surface area (Å²) in [5.41, 5.74) is 0.393. The van der Waals surface area contributed by atoms with E-state index in [1.54, 1.807) is 36.4 Å². The van der Waals surface area contributed by atoms with E-state index in [0.29, 0.717) is 22.9 Å². The van der Waals surface area contributed by atoms with Crippen molar-refractivity contribution in [1.82, 2.24) is 4.98 Å². The van der Waals surface area contributed by atoms with Crippen LogP contribution < -0.4 is 20.1 Å². The zero-order valence-corrected chi connectivity index (χ0v) is 11.8. The number of fused-ring (bicyclic) bond motifs is 1. The van der Waals surface area contributed by atoms with Gasteiger partial charge in [0.25, 0.3) is 11.8 Å². The average Bonchev–Trinajstić information content (AvgIpc) is 2.54. The summed E-state index contributed by atoms with van der Waals surface area (Å²) in [4.78, 5) is 27.7. The third-order valence-electron chi connectivity index (χ3n) is 3.07. The molecule has 0 aliphatic carbocycles. The van der Waals surface area contributed by atoms with E-state index in [-0.39, 0.29) is 24.2 Å². The van der Waals surface area contributed by atoms with Crippen LogP contribution in [-0.2, 0) is 4.79 Å². The van der Waals surface area contributed by atoms with Gasteiger partial charge in [-0.05, 0) is 24.3 Å². The highest BCUT2D eigenvalue weighted by Gasteiger charge is 2.18. The zero-order chi connectivity index (χ0) is 15.5. The zero-order valence-electron chi connectivity index (χ0n) is 11.8. The number of nitrogens with zero attached hydrogens (tertiary/aromatic N) is 1. The van der Waals surface area contributed by atoms with Crippen LogP contribution in [0, 0.1) is 0 Å². The number of carbonyl (C=O) groups is 2. The van der Waals surface area contributed by atoms with Crippen molar-refractivity contribution >= 4 is 23.5 Å². The summed E-state index contributed by atoms with van der Waals surface area (Å²) < 4.78 is 10.4. The molecule has 3 rings (SSSR count). The number of carbonyl (C=O) groups excluding carboxylic acids is 2. The summed E-state index contributed by atoms with van der Waals surface area (Å²) in [7, 11) is 1.50. The lowest BCUT2D eigenvalue weighted by Gasteiger charge is -2.17. The number of rotatable bonds is 3. The van der Waals surface area contributed by atoms with E-state index in [0.717, 1.165) is 0 Å². The van der Waals surface area contributed by atoms with Gasteiger partial charge < -0.3 is 20.1 Å². The largest absolute Gasteiger partial charge is 0.496 e. The highest BCUT2D eigenvalue weighted by atomic mass is 16.5. The van der Waals surface area contributed by atoms with Crippen LogP contribution in [0.2, 0.25) is 0 Å². The second-order valence-electron chi connectivity index (χ2n) is 4.53. The molecule has 1 aliphatic heterocycles. The number of anilines is 2. The molecule has 0 unspecified atom stereocenters. The number of hydrogen-bond acceptors (Lipinski definition) is 5. The van der Waals surface area contributed by atoms with Gasteiger partial charge in [-0.1, -0.05) is 12.1 Å². The van der Waals surface area contributed by atoms with Crippen LogP contribution in [0.4, 0.5) is 11.6 Å². The summed E-state index contributed by atoms with van der Waals surface area (Å²) in [5.74, 6) is 0.889. The van der Waals surface area contributed by atoms with E-state index >= 15 is 0 Å². The van der Waals surface area contributed by atoms with Gasteiger partial charge in [0.15, 0.2) is 18.2 Å². The van der Waals surface area contributed by atoms with Gasteiger partial charge in [0.1, 0.15) is 11.6 Å².